The van der Waals surface area contributed by atoms with Gasteiger partial charge < -0.3 is 19.7 Å². The van der Waals surface area contributed by atoms with Crippen LogP contribution >= 0.6 is 0 Å². The van der Waals surface area contributed by atoms with Gasteiger partial charge in [0.05, 0.1) is 30.4 Å². The van der Waals surface area contributed by atoms with Crippen molar-refractivity contribution in [3.63, 3.8) is 0 Å². The zero-order valence-electron chi connectivity index (χ0n) is 17.5. The van der Waals surface area contributed by atoms with E-state index in [-0.39, 0.29) is 18.1 Å². The highest BCUT2D eigenvalue weighted by Crippen LogP contribution is 2.21. The number of aliphatic hydroxyl groups excluding tert-OH is 1. The van der Waals surface area contributed by atoms with Crippen LogP contribution in [0.25, 0.3) is 11.0 Å². The number of nitrogens with zero attached hydrogens (tertiary/aromatic N) is 3. The van der Waals surface area contributed by atoms with Gasteiger partial charge in [0.25, 0.3) is 0 Å². The first-order valence-corrected chi connectivity index (χ1v) is 10.7. The summed E-state index contributed by atoms with van der Waals surface area (Å²) in [6.45, 7) is 8.65. The normalized spacial score (nSPS) is 24.0. The number of carbonyl (C=O) groups is 1. The number of likely N-dealkylation sites (tertiary alicyclic amines) is 1. The molecule has 2 aliphatic heterocycles. The maximum atomic E-state index is 12.8. The summed E-state index contributed by atoms with van der Waals surface area (Å²) in [5.74, 6) is 1.01. The van der Waals surface area contributed by atoms with Crippen LogP contribution in [0.3, 0.4) is 0 Å². The highest BCUT2D eigenvalue weighted by Gasteiger charge is 2.31. The number of aryl methyl sites for hydroxylation is 3. The molecule has 2 atom stereocenters. The number of carbonyl (C=O) groups excluding carboxylic acids is 1. The number of morpholine rings is 1. The molecular formula is C22H32N4O3. The zero-order chi connectivity index (χ0) is 20.4. The van der Waals surface area contributed by atoms with Gasteiger partial charge in [-0.25, -0.2) is 4.98 Å². The molecular weight excluding hydrogens is 368 g/mol. The Bertz CT molecular complexity index is 859. The van der Waals surface area contributed by atoms with Gasteiger partial charge in [-0.05, 0) is 43.9 Å². The third-order valence-corrected chi connectivity index (χ3v) is 6.25. The predicted molar refractivity (Wildman–Crippen MR) is 112 cm³/mol. The molecule has 0 spiro atoms. The van der Waals surface area contributed by atoms with Crippen LogP contribution in [-0.4, -0.2) is 82.3 Å². The molecule has 1 aromatic heterocycles. The van der Waals surface area contributed by atoms with Crippen LogP contribution in [0.1, 0.15) is 36.2 Å². The van der Waals surface area contributed by atoms with Crippen molar-refractivity contribution in [2.45, 2.75) is 51.7 Å². The predicted octanol–water partition coefficient (Wildman–Crippen LogP) is 1.80. The van der Waals surface area contributed by atoms with E-state index in [2.05, 4.69) is 40.8 Å². The highest BCUT2D eigenvalue weighted by atomic mass is 16.5. The first-order chi connectivity index (χ1) is 14.0. The van der Waals surface area contributed by atoms with Gasteiger partial charge in [0, 0.05) is 45.1 Å². The van der Waals surface area contributed by atoms with Gasteiger partial charge in [-0.3, -0.25) is 9.69 Å². The number of aliphatic hydroxyl groups is 1. The lowest BCUT2D eigenvalue weighted by Crippen LogP contribution is -2.49. The molecule has 2 aliphatic rings. The van der Waals surface area contributed by atoms with Crippen LogP contribution in [-0.2, 0) is 16.0 Å². The Kier molecular flexibility index (Phi) is 6.18. The van der Waals surface area contributed by atoms with Gasteiger partial charge in [0.1, 0.15) is 5.82 Å². The molecule has 0 unspecified atom stereocenters. The van der Waals surface area contributed by atoms with E-state index in [0.29, 0.717) is 32.4 Å². The number of imidazole rings is 1. The topological polar surface area (TPSA) is 81.7 Å². The highest BCUT2D eigenvalue weighted by molar-refractivity contribution is 5.80. The van der Waals surface area contributed by atoms with Crippen molar-refractivity contribution in [3.8, 4) is 0 Å². The summed E-state index contributed by atoms with van der Waals surface area (Å²) < 4.78 is 5.43. The Morgan fingerprint density at radius 1 is 1.21 bits per heavy atom. The van der Waals surface area contributed by atoms with E-state index < -0.39 is 0 Å². The molecule has 2 N–H and O–H groups in total. The molecule has 29 heavy (non-hydrogen) atoms. The van der Waals surface area contributed by atoms with Gasteiger partial charge in [0.2, 0.25) is 5.91 Å². The second-order valence-electron chi connectivity index (χ2n) is 8.40. The van der Waals surface area contributed by atoms with Crippen LogP contribution in [0.2, 0.25) is 0 Å². The molecule has 0 aliphatic carbocycles. The fourth-order valence-corrected chi connectivity index (χ4v) is 4.68. The summed E-state index contributed by atoms with van der Waals surface area (Å²) in [6, 6.07) is 4.35. The summed E-state index contributed by atoms with van der Waals surface area (Å²) in [5.41, 5.74) is 4.39. The minimum Gasteiger partial charge on any atom is -0.391 e. The second kappa shape index (κ2) is 8.81. The Hall–Kier alpha value is -1.96. The molecule has 2 fully saturated rings. The lowest BCUT2D eigenvalue weighted by Gasteiger charge is -2.36. The summed E-state index contributed by atoms with van der Waals surface area (Å²) in [4.78, 5) is 25.1. The largest absolute Gasteiger partial charge is 0.391 e. The lowest BCUT2D eigenvalue weighted by molar-refractivity contribution is -0.131. The maximum Gasteiger partial charge on any atom is 0.223 e. The first-order valence-electron chi connectivity index (χ1n) is 10.7. The SMILES string of the molecule is Cc1cc(C)c2nc(CCC(=O)N3CC[C@H](O)[C@@H](N4CCOCC4)CC3)[nH]c2c1. The number of fused-ring (bicyclic) bond motifs is 1. The summed E-state index contributed by atoms with van der Waals surface area (Å²) in [7, 11) is 0. The number of aromatic nitrogens is 2. The van der Waals surface area contributed by atoms with E-state index in [0.717, 1.165) is 55.1 Å². The molecule has 3 heterocycles. The van der Waals surface area contributed by atoms with Crippen LogP contribution < -0.4 is 0 Å². The molecule has 7 nitrogen and oxygen atoms in total. The maximum absolute atomic E-state index is 12.8. The molecule has 7 heteroatoms. The van der Waals surface area contributed by atoms with Gasteiger partial charge in [-0.15, -0.1) is 0 Å². The van der Waals surface area contributed by atoms with E-state index in [4.69, 9.17) is 4.74 Å². The lowest BCUT2D eigenvalue weighted by atomic mass is 10.0. The van der Waals surface area contributed by atoms with Crippen molar-refractivity contribution in [2.24, 2.45) is 0 Å². The van der Waals surface area contributed by atoms with Gasteiger partial charge in [0.15, 0.2) is 0 Å². The Morgan fingerprint density at radius 3 is 2.76 bits per heavy atom. The van der Waals surface area contributed by atoms with Crippen molar-refractivity contribution in [2.75, 3.05) is 39.4 Å². The van der Waals surface area contributed by atoms with Crippen LogP contribution in [0.5, 0.6) is 0 Å². The second-order valence-corrected chi connectivity index (χ2v) is 8.40. The monoisotopic (exact) mass is 400 g/mol. The zero-order valence-corrected chi connectivity index (χ0v) is 17.5. The van der Waals surface area contributed by atoms with Crippen LogP contribution in [0.15, 0.2) is 12.1 Å². The molecule has 158 valence electrons. The third-order valence-electron chi connectivity index (χ3n) is 6.25. The smallest absolute Gasteiger partial charge is 0.223 e. The van der Waals surface area contributed by atoms with Crippen molar-refractivity contribution in [1.82, 2.24) is 19.8 Å². The molecule has 4 rings (SSSR count). The van der Waals surface area contributed by atoms with Crippen molar-refractivity contribution in [1.29, 1.82) is 0 Å². The van der Waals surface area contributed by atoms with E-state index in [9.17, 15) is 9.90 Å². The Balaban J connectivity index is 1.34. The molecule has 0 saturated carbocycles. The van der Waals surface area contributed by atoms with Crippen LogP contribution in [0.4, 0.5) is 0 Å². The third kappa shape index (κ3) is 4.63. The van der Waals surface area contributed by atoms with Crippen LogP contribution in [0, 0.1) is 13.8 Å². The fraction of sp³-hybridized carbons (Fsp3) is 0.636. The fourth-order valence-electron chi connectivity index (χ4n) is 4.68. The summed E-state index contributed by atoms with van der Waals surface area (Å²) >= 11 is 0. The van der Waals surface area contributed by atoms with E-state index in [1.807, 2.05) is 4.90 Å². The standard InChI is InChI=1S/C22H32N4O3/c1-15-13-16(2)22-17(14-15)23-20(24-22)3-4-21(28)26-7-5-18(19(27)6-8-26)25-9-11-29-12-10-25/h13-14,18-19,27H,3-12H2,1-2H3,(H,23,24)/t18-,19-/m0/s1. The molecule has 0 bridgehead atoms. The number of rotatable bonds is 4. The van der Waals surface area contributed by atoms with E-state index >= 15 is 0 Å². The number of hydrogen-bond acceptors (Lipinski definition) is 5. The van der Waals surface area contributed by atoms with Crippen molar-refractivity contribution >= 4 is 16.9 Å². The van der Waals surface area contributed by atoms with Gasteiger partial charge in [-0.2, -0.15) is 0 Å². The molecule has 1 aromatic carbocycles. The van der Waals surface area contributed by atoms with E-state index in [1.165, 1.54) is 5.56 Å². The number of benzene rings is 1. The molecule has 0 radical (unpaired) electrons. The quantitative estimate of drug-likeness (QED) is 0.818. The van der Waals surface area contributed by atoms with Gasteiger partial charge in [-0.1, -0.05) is 6.07 Å². The number of hydrogen-bond donors (Lipinski definition) is 2. The minimum atomic E-state index is -0.382. The Labute approximate surface area is 172 Å². The number of H-pyrrole nitrogens is 1. The number of aromatic amines is 1. The number of amides is 1. The Morgan fingerprint density at radius 2 is 1.97 bits per heavy atom. The molecule has 1 amide bonds. The number of nitrogens with one attached hydrogen (secondary N) is 1. The molecule has 2 aromatic rings. The summed E-state index contributed by atoms with van der Waals surface area (Å²) in [6.07, 6.45) is 2.12. The van der Waals surface area contributed by atoms with Gasteiger partial charge >= 0.3 is 0 Å². The average molecular weight is 401 g/mol. The number of ether oxygens (including phenoxy) is 1. The average Bonchev–Trinajstić information content (AvgIpc) is 3.02. The summed E-state index contributed by atoms with van der Waals surface area (Å²) in [5, 5.41) is 10.6. The van der Waals surface area contributed by atoms with Crippen molar-refractivity contribution in [3.05, 3.63) is 29.1 Å². The van der Waals surface area contributed by atoms with Crippen molar-refractivity contribution < 1.29 is 14.6 Å². The molecule has 2 saturated heterocycles. The first kappa shape index (κ1) is 20.3. The minimum absolute atomic E-state index is 0.123. The van der Waals surface area contributed by atoms with E-state index in [1.54, 1.807) is 0 Å².